The Labute approximate surface area is 317 Å². The van der Waals surface area contributed by atoms with Crippen LogP contribution in [-0.4, -0.2) is 68.0 Å². The molecular formula is C30H31N9NiO8S4. The van der Waals surface area contributed by atoms with E-state index in [2.05, 4.69) is 30.4 Å². The molecule has 0 aliphatic carbocycles. The molecule has 0 fully saturated rings. The van der Waals surface area contributed by atoms with Gasteiger partial charge in [0.1, 0.15) is 27.4 Å². The zero-order chi connectivity index (χ0) is 37.3. The van der Waals surface area contributed by atoms with Crippen molar-refractivity contribution in [1.29, 1.82) is 0 Å². The minimum atomic E-state index is -4.52. The summed E-state index contributed by atoms with van der Waals surface area (Å²) in [5, 5.41) is 26.3. The summed E-state index contributed by atoms with van der Waals surface area (Å²) in [5.41, 5.74) is 2.21. The second kappa shape index (κ2) is 18.3. The van der Waals surface area contributed by atoms with Crippen molar-refractivity contribution in [2.75, 3.05) is 37.0 Å². The number of azo groups is 2. The van der Waals surface area contributed by atoms with Crippen LogP contribution >= 0.6 is 22.7 Å². The number of thiazole rings is 2. The predicted molar refractivity (Wildman–Crippen MR) is 195 cm³/mol. The van der Waals surface area contributed by atoms with Gasteiger partial charge in [0, 0.05) is 61.2 Å². The second-order valence-electron chi connectivity index (χ2n) is 10.3. The second-order valence-corrected chi connectivity index (χ2v) is 15.1. The molecule has 0 unspecified atom stereocenters. The molecule has 0 aliphatic rings. The Morgan fingerprint density at radius 2 is 1.25 bits per heavy atom. The number of hydrogen-bond acceptors (Lipinski definition) is 16. The number of anilines is 2. The summed E-state index contributed by atoms with van der Waals surface area (Å²) in [4.78, 5) is 21.8. The molecule has 0 saturated heterocycles. The third-order valence-electron chi connectivity index (χ3n) is 6.79. The Bertz CT molecular complexity index is 2280. The van der Waals surface area contributed by atoms with Gasteiger partial charge in [-0.2, -0.15) is 16.8 Å². The van der Waals surface area contributed by atoms with Crippen LogP contribution in [0.15, 0.2) is 109 Å². The summed E-state index contributed by atoms with van der Waals surface area (Å²) in [6.07, 6.45) is 2.72. The number of nitro groups is 1. The summed E-state index contributed by atoms with van der Waals surface area (Å²) in [7, 11) is -5.42. The first kappa shape index (κ1) is 41.9. The fourth-order valence-corrected chi connectivity index (χ4v) is 6.86. The van der Waals surface area contributed by atoms with E-state index in [0.29, 0.717) is 40.9 Å². The molecule has 3 aromatic carbocycles. The Kier molecular flexibility index (Phi) is 14.7. The molecule has 52 heavy (non-hydrogen) atoms. The first-order valence-corrected chi connectivity index (χ1v) is 19.2. The number of nitrogens with zero attached hydrogens (tertiary/aromatic N) is 9. The molecular weight excluding hydrogens is 801 g/mol. The van der Waals surface area contributed by atoms with Crippen molar-refractivity contribution in [3.05, 3.63) is 89.2 Å². The van der Waals surface area contributed by atoms with Gasteiger partial charge >= 0.3 is 5.00 Å². The van der Waals surface area contributed by atoms with Crippen LogP contribution in [-0.2, 0) is 36.7 Å². The van der Waals surface area contributed by atoms with Crippen LogP contribution in [0.1, 0.15) is 13.8 Å². The topological polar surface area (TPSA) is 234 Å². The molecule has 22 heteroatoms. The third kappa shape index (κ3) is 11.2. The Hall–Kier alpha value is -4.57. The quantitative estimate of drug-likeness (QED) is 0.0399. The summed E-state index contributed by atoms with van der Waals surface area (Å²) in [6.45, 7) is 5.15. The van der Waals surface area contributed by atoms with E-state index in [1.807, 2.05) is 49.1 Å². The number of hydrogen-bond donors (Lipinski definition) is 2. The Morgan fingerprint density at radius 1 is 0.750 bits per heavy atom. The zero-order valence-corrected chi connectivity index (χ0v) is 32.0. The van der Waals surface area contributed by atoms with Gasteiger partial charge in [-0.05, 0) is 67.1 Å². The van der Waals surface area contributed by atoms with E-state index in [1.165, 1.54) is 35.6 Å². The van der Waals surface area contributed by atoms with Crippen LogP contribution in [0.2, 0.25) is 0 Å². The molecule has 2 N–H and O–H groups in total. The minimum absolute atomic E-state index is 0. The smallest absolute Gasteiger partial charge is 0.345 e. The first-order valence-electron chi connectivity index (χ1n) is 14.7. The number of aromatic nitrogens is 2. The van der Waals surface area contributed by atoms with Crippen LogP contribution in [0.25, 0.3) is 10.4 Å². The Balaban J connectivity index is 0.000000275. The van der Waals surface area contributed by atoms with Gasteiger partial charge in [0.05, 0.1) is 9.80 Å². The first-order chi connectivity index (χ1) is 24.1. The maximum Gasteiger partial charge on any atom is 0.345 e. The molecule has 5 aromatic rings. The molecule has 2 heterocycles. The number of rotatable bonds is 12. The van der Waals surface area contributed by atoms with Gasteiger partial charge in [0.2, 0.25) is 10.3 Å². The SMILES string of the molecule is CCN(CC)c1ccc(N=Nc2ncc([N+](=O)[O-])s2)c(S(=O)(=O)O)c1.CN(C)c1ccc(N=Nc2ncc(-c3ccccc3)s2)c(S(=O)(=O)O)c1.[Ni]. The monoisotopic (exact) mass is 831 g/mol. The maximum atomic E-state index is 11.7. The average Bonchev–Trinajstić information content (AvgIpc) is 3.78. The van der Waals surface area contributed by atoms with Gasteiger partial charge < -0.3 is 9.80 Å². The minimum Gasteiger partial charge on any atom is -0.378 e. The molecule has 0 bridgehead atoms. The molecule has 2 aromatic heterocycles. The van der Waals surface area contributed by atoms with Crippen molar-refractivity contribution in [3.63, 3.8) is 0 Å². The molecule has 0 aliphatic heterocycles. The van der Waals surface area contributed by atoms with Gasteiger partial charge in [-0.25, -0.2) is 9.97 Å². The molecule has 0 atom stereocenters. The zero-order valence-electron chi connectivity index (χ0n) is 27.7. The van der Waals surface area contributed by atoms with Crippen molar-refractivity contribution >= 4 is 80.9 Å². The molecule has 0 saturated carbocycles. The fraction of sp³-hybridized carbons (Fsp3) is 0.200. The Morgan fingerprint density at radius 3 is 1.73 bits per heavy atom. The third-order valence-corrected chi connectivity index (χ3v) is 10.3. The average molecular weight is 833 g/mol. The molecule has 278 valence electrons. The van der Waals surface area contributed by atoms with Crippen molar-refractivity contribution < 1.29 is 47.4 Å². The van der Waals surface area contributed by atoms with Gasteiger partial charge in [-0.1, -0.05) is 41.7 Å². The fourth-order valence-electron chi connectivity index (χ4n) is 4.28. The van der Waals surface area contributed by atoms with Crippen LogP contribution in [0.5, 0.6) is 0 Å². The molecule has 0 radical (unpaired) electrons. The van der Waals surface area contributed by atoms with Crippen LogP contribution in [0.4, 0.5) is 38.0 Å². The predicted octanol–water partition coefficient (Wildman–Crippen LogP) is 8.10. The van der Waals surface area contributed by atoms with Crippen LogP contribution in [0, 0.1) is 10.1 Å². The van der Waals surface area contributed by atoms with E-state index in [-0.39, 0.29) is 42.9 Å². The summed E-state index contributed by atoms with van der Waals surface area (Å²) < 4.78 is 65.5. The van der Waals surface area contributed by atoms with Crippen LogP contribution in [0.3, 0.4) is 0 Å². The molecule has 5 rings (SSSR count). The molecule has 17 nitrogen and oxygen atoms in total. The summed E-state index contributed by atoms with van der Waals surface area (Å²) in [6, 6.07) is 18.6. The van der Waals surface area contributed by atoms with E-state index in [4.69, 9.17) is 0 Å². The normalized spacial score (nSPS) is 11.6. The van der Waals surface area contributed by atoms with E-state index in [9.17, 15) is 36.1 Å². The summed E-state index contributed by atoms with van der Waals surface area (Å²) >= 11 is 2.03. The van der Waals surface area contributed by atoms with Crippen LogP contribution < -0.4 is 9.80 Å². The summed E-state index contributed by atoms with van der Waals surface area (Å²) in [5.74, 6) is 0. The van der Waals surface area contributed by atoms with Crippen molar-refractivity contribution in [2.45, 2.75) is 23.6 Å². The van der Waals surface area contributed by atoms with Gasteiger partial charge in [-0.3, -0.25) is 19.2 Å². The largest absolute Gasteiger partial charge is 0.378 e. The maximum absolute atomic E-state index is 11.7. The van der Waals surface area contributed by atoms with Crippen molar-refractivity contribution in [2.24, 2.45) is 20.5 Å². The van der Waals surface area contributed by atoms with Crippen molar-refractivity contribution in [1.82, 2.24) is 9.97 Å². The van der Waals surface area contributed by atoms with Crippen molar-refractivity contribution in [3.8, 4) is 10.4 Å². The van der Waals surface area contributed by atoms with E-state index >= 15 is 0 Å². The standard InChI is InChI=1S/C17H16N4O3S2.C13H15N5O5S2.Ni/c1-21(2)13-8-9-14(16(10-13)26(22,23)24)19-20-17-18-11-15(25-17)12-6-4-3-5-7-12;1-3-17(4-2)9-5-6-10(11(7-9)25(21,22)23)15-16-13-14-8-12(24-13)18(19)20;/h3-11H,1-2H3,(H,22,23,24);5-8H,3-4H2,1-2H3,(H,21,22,23);. The van der Waals surface area contributed by atoms with E-state index in [1.54, 1.807) is 37.3 Å². The molecule has 0 amide bonds. The van der Waals surface area contributed by atoms with Gasteiger partial charge in [0.15, 0.2) is 0 Å². The van der Waals surface area contributed by atoms with Gasteiger partial charge in [0.25, 0.3) is 20.2 Å². The van der Waals surface area contributed by atoms with Gasteiger partial charge in [-0.15, -0.1) is 20.5 Å². The molecule has 0 spiro atoms. The van der Waals surface area contributed by atoms with E-state index < -0.39 is 30.1 Å². The number of benzene rings is 3. The van der Waals surface area contributed by atoms with E-state index in [0.717, 1.165) is 16.6 Å².